The third-order valence-electron chi connectivity index (χ3n) is 0.700. The van der Waals surface area contributed by atoms with E-state index in [1.807, 2.05) is 0 Å². The number of hydrogen-bond donors (Lipinski definition) is 1. The van der Waals surface area contributed by atoms with Crippen LogP contribution in [0.1, 0.15) is 0 Å². The maximum absolute atomic E-state index is 5.08. The Labute approximate surface area is 36.6 Å². The van der Waals surface area contributed by atoms with E-state index < -0.39 is 0 Å². The van der Waals surface area contributed by atoms with E-state index in [1.54, 1.807) is 0 Å². The summed E-state index contributed by atoms with van der Waals surface area (Å²) in [6.07, 6.45) is 0.472. The largest absolute Gasteiger partial charge is 0.474 e. The summed E-state index contributed by atoms with van der Waals surface area (Å²) in [5, 5.41) is 0. The smallest absolute Gasteiger partial charge is 0.388 e. The van der Waals surface area contributed by atoms with Gasteiger partial charge < -0.3 is 15.0 Å². The molecule has 0 radical (unpaired) electrons. The Balaban J connectivity index is 2.01. The van der Waals surface area contributed by atoms with Gasteiger partial charge in [-0.05, 0) is 0 Å². The van der Waals surface area contributed by atoms with Crippen LogP contribution in [-0.2, 0) is 9.31 Å². The monoisotopic (exact) mass is 87.0 g/mol. The van der Waals surface area contributed by atoms with Crippen LogP contribution in [0.3, 0.4) is 0 Å². The lowest BCUT2D eigenvalue weighted by atomic mass is 9.89. The van der Waals surface area contributed by atoms with Crippen molar-refractivity contribution in [1.82, 2.24) is 0 Å². The first kappa shape index (κ1) is 4.11. The second kappa shape index (κ2) is 1.60. The van der Waals surface area contributed by atoms with Gasteiger partial charge >= 0.3 is 7.12 Å². The van der Waals surface area contributed by atoms with Crippen molar-refractivity contribution < 1.29 is 9.31 Å². The first-order valence-corrected chi connectivity index (χ1v) is 1.87. The van der Waals surface area contributed by atoms with E-state index in [0.717, 1.165) is 0 Å². The van der Waals surface area contributed by atoms with Gasteiger partial charge in [0, 0.05) is 6.44 Å². The highest BCUT2D eigenvalue weighted by Crippen LogP contribution is 1.97. The van der Waals surface area contributed by atoms with E-state index in [-0.39, 0.29) is 7.12 Å². The summed E-state index contributed by atoms with van der Waals surface area (Å²) < 4.78 is 9.47. The van der Waals surface area contributed by atoms with E-state index in [4.69, 9.17) is 15.0 Å². The zero-order valence-electron chi connectivity index (χ0n) is 3.39. The molecular weight excluding hydrogens is 80.8 g/mol. The molecule has 34 valence electrons. The van der Waals surface area contributed by atoms with Crippen LogP contribution in [0.25, 0.3) is 0 Å². The fourth-order valence-electron chi connectivity index (χ4n) is 0.300. The molecule has 6 heavy (non-hydrogen) atoms. The van der Waals surface area contributed by atoms with Crippen molar-refractivity contribution >= 4 is 7.12 Å². The Bertz CT molecular complexity index is 44.1. The van der Waals surface area contributed by atoms with E-state index >= 15 is 0 Å². The summed E-state index contributed by atoms with van der Waals surface area (Å²) in [6.45, 7) is 0.419. The van der Waals surface area contributed by atoms with Crippen molar-refractivity contribution in [2.75, 3.05) is 13.2 Å². The molecule has 0 amide bonds. The second-order valence-electron chi connectivity index (χ2n) is 1.12. The van der Waals surface area contributed by atoms with E-state index in [1.165, 1.54) is 0 Å². The van der Waals surface area contributed by atoms with Crippen LogP contribution in [0.2, 0.25) is 0 Å². The minimum atomic E-state index is -0.106. The summed E-state index contributed by atoms with van der Waals surface area (Å²) in [5.41, 5.74) is 5.08. The molecule has 0 aromatic carbocycles. The van der Waals surface area contributed by atoms with Gasteiger partial charge in [0.05, 0.1) is 0 Å². The van der Waals surface area contributed by atoms with Crippen LogP contribution < -0.4 is 5.73 Å². The van der Waals surface area contributed by atoms with Crippen LogP contribution in [0.4, 0.5) is 0 Å². The molecule has 0 aromatic rings. The molecule has 0 atom stereocenters. The highest BCUT2D eigenvalue weighted by atomic mass is 16.8. The molecule has 1 aliphatic heterocycles. The summed E-state index contributed by atoms with van der Waals surface area (Å²) in [5.74, 6) is 0. The van der Waals surface area contributed by atoms with Crippen LogP contribution >= 0.6 is 0 Å². The molecule has 4 heteroatoms. The molecule has 0 spiro atoms. The third kappa shape index (κ3) is 0.542. The van der Waals surface area contributed by atoms with Crippen molar-refractivity contribution in [3.63, 3.8) is 0 Å². The molecule has 1 rings (SSSR count). The van der Waals surface area contributed by atoms with Crippen molar-refractivity contribution in [2.45, 2.75) is 0 Å². The maximum atomic E-state index is 5.08. The predicted octanol–water partition coefficient (Wildman–Crippen LogP) is -1.02. The highest BCUT2D eigenvalue weighted by Gasteiger charge is 2.23. The summed E-state index contributed by atoms with van der Waals surface area (Å²) in [4.78, 5) is 0. The summed E-state index contributed by atoms with van der Waals surface area (Å²) >= 11 is 0. The average Bonchev–Trinajstić information content (AvgIpc) is 1.31. The maximum Gasteiger partial charge on any atom is 0.474 e. The molecular formula is C2H6BNO2. The first-order chi connectivity index (χ1) is 2.93. The summed E-state index contributed by atoms with van der Waals surface area (Å²) in [7, 11) is -0.106. The SMILES string of the molecule is NCB1OCO1. The zero-order chi connectivity index (χ0) is 4.41. The predicted molar refractivity (Wildman–Crippen MR) is 21.8 cm³/mol. The van der Waals surface area contributed by atoms with Gasteiger partial charge in [-0.1, -0.05) is 0 Å². The first-order valence-electron chi connectivity index (χ1n) is 1.87. The van der Waals surface area contributed by atoms with Crippen molar-refractivity contribution in [3.8, 4) is 0 Å². The van der Waals surface area contributed by atoms with Crippen molar-refractivity contribution in [3.05, 3.63) is 0 Å². The minimum Gasteiger partial charge on any atom is -0.388 e. The van der Waals surface area contributed by atoms with Gasteiger partial charge in [0.1, 0.15) is 6.79 Å². The fraction of sp³-hybridized carbons (Fsp3) is 1.00. The van der Waals surface area contributed by atoms with E-state index in [9.17, 15) is 0 Å². The highest BCUT2D eigenvalue weighted by molar-refractivity contribution is 6.46. The van der Waals surface area contributed by atoms with Gasteiger partial charge in [-0.15, -0.1) is 0 Å². The quantitative estimate of drug-likeness (QED) is 0.416. The van der Waals surface area contributed by atoms with Gasteiger partial charge in [0.15, 0.2) is 0 Å². The summed E-state index contributed by atoms with van der Waals surface area (Å²) in [6, 6.07) is 0. The van der Waals surface area contributed by atoms with Gasteiger partial charge in [0.2, 0.25) is 0 Å². The van der Waals surface area contributed by atoms with Gasteiger partial charge in [-0.2, -0.15) is 0 Å². The Morgan fingerprint density at radius 1 is 1.67 bits per heavy atom. The van der Waals surface area contributed by atoms with Crippen LogP contribution in [0, 0.1) is 0 Å². The average molecular weight is 86.9 g/mol. The molecule has 1 aliphatic rings. The molecule has 0 saturated carbocycles. The molecule has 0 aliphatic carbocycles. The Morgan fingerprint density at radius 2 is 2.33 bits per heavy atom. The normalized spacial score (nSPS) is 20.5. The molecule has 2 N–H and O–H groups in total. The topological polar surface area (TPSA) is 44.5 Å². The lowest BCUT2D eigenvalue weighted by Gasteiger charge is -2.20. The molecule has 0 unspecified atom stereocenters. The van der Waals surface area contributed by atoms with Crippen molar-refractivity contribution in [2.24, 2.45) is 5.73 Å². The lowest BCUT2D eigenvalue weighted by Crippen LogP contribution is -2.42. The molecule has 3 nitrogen and oxygen atoms in total. The zero-order valence-corrected chi connectivity index (χ0v) is 3.39. The lowest BCUT2D eigenvalue weighted by molar-refractivity contribution is -0.0118. The molecule has 1 heterocycles. The van der Waals surface area contributed by atoms with Crippen molar-refractivity contribution in [1.29, 1.82) is 0 Å². The van der Waals surface area contributed by atoms with Crippen LogP contribution in [-0.4, -0.2) is 20.4 Å². The third-order valence-corrected chi connectivity index (χ3v) is 0.700. The Hall–Kier alpha value is -0.0551. The molecule has 0 aromatic heterocycles. The fourth-order valence-corrected chi connectivity index (χ4v) is 0.300. The van der Waals surface area contributed by atoms with Crippen LogP contribution in [0.15, 0.2) is 0 Å². The van der Waals surface area contributed by atoms with Gasteiger partial charge in [-0.3, -0.25) is 0 Å². The molecule has 0 bridgehead atoms. The second-order valence-corrected chi connectivity index (χ2v) is 1.12. The Morgan fingerprint density at radius 3 is 2.33 bits per heavy atom. The number of hydrogen-bond acceptors (Lipinski definition) is 3. The van der Waals surface area contributed by atoms with Crippen LogP contribution in [0.5, 0.6) is 0 Å². The number of nitrogens with two attached hydrogens (primary N) is 1. The van der Waals surface area contributed by atoms with Gasteiger partial charge in [-0.25, -0.2) is 0 Å². The Kier molecular flexibility index (Phi) is 1.09. The molecule has 1 saturated heterocycles. The van der Waals surface area contributed by atoms with E-state index in [0.29, 0.717) is 13.2 Å². The standard InChI is InChI=1S/C2H6BNO2/c4-1-3-5-2-6-3/h1-2,4H2. The van der Waals surface area contributed by atoms with E-state index in [2.05, 4.69) is 0 Å². The number of rotatable bonds is 1. The minimum absolute atomic E-state index is 0.106. The van der Waals surface area contributed by atoms with Gasteiger partial charge in [0.25, 0.3) is 0 Å². The molecule has 1 fully saturated rings.